The highest BCUT2D eigenvalue weighted by atomic mass is 32.1. The number of hydrogen-bond acceptors (Lipinski definition) is 3. The molecule has 0 spiro atoms. The minimum atomic E-state index is 0.902. The van der Waals surface area contributed by atoms with Crippen LogP contribution < -0.4 is 4.90 Å². The molecule has 0 N–H and O–H groups in total. The van der Waals surface area contributed by atoms with Crippen LogP contribution in [-0.4, -0.2) is 19.3 Å². The monoisotopic (exact) mass is 296 g/mol. The van der Waals surface area contributed by atoms with Gasteiger partial charge in [-0.05, 0) is 49.1 Å². The molecule has 2 nitrogen and oxygen atoms in total. The van der Waals surface area contributed by atoms with Gasteiger partial charge in [0.1, 0.15) is 0 Å². The average molecular weight is 296 g/mol. The Kier molecular flexibility index (Phi) is 4.61. The maximum absolute atomic E-state index is 4.50. The van der Waals surface area contributed by atoms with Crippen LogP contribution in [0.5, 0.6) is 0 Å². The molecule has 2 aromatic carbocycles. The standard InChI is InChI=1S/C18H20N2S/c21-18-7-3-2-6-17(18)19-14-15-8-10-16(11-9-15)20-12-4-1-5-13-20/h2-3,6-11,14,21H,1,4-5,12-13H2. The first-order valence-electron chi connectivity index (χ1n) is 7.50. The topological polar surface area (TPSA) is 15.6 Å². The van der Waals surface area contributed by atoms with Gasteiger partial charge in [-0.3, -0.25) is 4.99 Å². The number of thiol groups is 1. The number of nitrogens with zero attached hydrogens (tertiary/aromatic N) is 2. The molecule has 1 fully saturated rings. The Morgan fingerprint density at radius 3 is 2.33 bits per heavy atom. The summed E-state index contributed by atoms with van der Waals surface area (Å²) in [5, 5.41) is 0. The van der Waals surface area contributed by atoms with Gasteiger partial charge in [0.25, 0.3) is 0 Å². The second kappa shape index (κ2) is 6.81. The van der Waals surface area contributed by atoms with Gasteiger partial charge >= 0.3 is 0 Å². The molecule has 1 aliphatic heterocycles. The van der Waals surface area contributed by atoms with Gasteiger partial charge in [0.15, 0.2) is 0 Å². The van der Waals surface area contributed by atoms with Crippen LogP contribution >= 0.6 is 12.6 Å². The minimum absolute atomic E-state index is 0.902. The Morgan fingerprint density at radius 2 is 1.62 bits per heavy atom. The van der Waals surface area contributed by atoms with Crippen LogP contribution in [0.2, 0.25) is 0 Å². The van der Waals surface area contributed by atoms with E-state index in [-0.39, 0.29) is 0 Å². The number of hydrogen-bond donors (Lipinski definition) is 1. The second-order valence-corrected chi connectivity index (χ2v) is 5.87. The van der Waals surface area contributed by atoms with Crippen molar-refractivity contribution >= 4 is 30.2 Å². The Hall–Kier alpha value is -1.74. The largest absolute Gasteiger partial charge is 0.372 e. The van der Waals surface area contributed by atoms with Crippen molar-refractivity contribution in [3.05, 3.63) is 54.1 Å². The van der Waals surface area contributed by atoms with Crippen molar-refractivity contribution in [3.8, 4) is 0 Å². The van der Waals surface area contributed by atoms with Crippen molar-refractivity contribution in [1.29, 1.82) is 0 Å². The zero-order valence-electron chi connectivity index (χ0n) is 12.1. The smallest absolute Gasteiger partial charge is 0.0763 e. The molecule has 2 aromatic rings. The quantitative estimate of drug-likeness (QED) is 0.640. The molecule has 0 unspecified atom stereocenters. The molecule has 0 bridgehead atoms. The van der Waals surface area contributed by atoms with Gasteiger partial charge in [-0.15, -0.1) is 12.6 Å². The number of rotatable bonds is 3. The van der Waals surface area contributed by atoms with Crippen molar-refractivity contribution < 1.29 is 0 Å². The highest BCUT2D eigenvalue weighted by Crippen LogP contribution is 2.23. The molecule has 108 valence electrons. The van der Waals surface area contributed by atoms with Crippen LogP contribution in [0.15, 0.2) is 58.4 Å². The van der Waals surface area contributed by atoms with Gasteiger partial charge in [0.05, 0.1) is 5.69 Å². The predicted octanol–water partition coefficient (Wildman–Crippen LogP) is 4.72. The molecule has 0 aromatic heterocycles. The summed E-state index contributed by atoms with van der Waals surface area (Å²) in [6.45, 7) is 2.36. The maximum atomic E-state index is 4.50. The van der Waals surface area contributed by atoms with Crippen LogP contribution in [0.25, 0.3) is 0 Å². The summed E-state index contributed by atoms with van der Waals surface area (Å²) in [7, 11) is 0. The van der Waals surface area contributed by atoms with E-state index >= 15 is 0 Å². The van der Waals surface area contributed by atoms with Crippen molar-refractivity contribution in [3.63, 3.8) is 0 Å². The van der Waals surface area contributed by atoms with Crippen molar-refractivity contribution in [2.45, 2.75) is 24.2 Å². The molecule has 1 heterocycles. The zero-order chi connectivity index (χ0) is 14.5. The second-order valence-electron chi connectivity index (χ2n) is 5.39. The molecule has 0 radical (unpaired) electrons. The summed E-state index contributed by atoms with van der Waals surface area (Å²) >= 11 is 4.41. The Morgan fingerprint density at radius 1 is 0.905 bits per heavy atom. The van der Waals surface area contributed by atoms with Crippen LogP contribution in [-0.2, 0) is 0 Å². The molecular weight excluding hydrogens is 276 g/mol. The van der Waals surface area contributed by atoms with Crippen molar-refractivity contribution in [1.82, 2.24) is 0 Å². The van der Waals surface area contributed by atoms with E-state index in [0.29, 0.717) is 0 Å². The lowest BCUT2D eigenvalue weighted by atomic mass is 10.1. The Balaban J connectivity index is 1.71. The molecule has 1 aliphatic rings. The summed E-state index contributed by atoms with van der Waals surface area (Å²) in [6, 6.07) is 16.5. The van der Waals surface area contributed by atoms with Gasteiger partial charge in [-0.2, -0.15) is 0 Å². The van der Waals surface area contributed by atoms with Gasteiger partial charge in [0, 0.05) is 29.9 Å². The van der Waals surface area contributed by atoms with Gasteiger partial charge in [0.2, 0.25) is 0 Å². The van der Waals surface area contributed by atoms with E-state index < -0.39 is 0 Å². The van der Waals surface area contributed by atoms with E-state index in [1.165, 1.54) is 38.0 Å². The Bertz CT molecular complexity index is 613. The van der Waals surface area contributed by atoms with Gasteiger partial charge < -0.3 is 4.90 Å². The normalized spacial score (nSPS) is 15.6. The highest BCUT2D eigenvalue weighted by molar-refractivity contribution is 7.80. The number of piperidine rings is 1. The van der Waals surface area contributed by atoms with Crippen LogP contribution in [0, 0.1) is 0 Å². The number of aliphatic imine (C=N–C) groups is 1. The summed E-state index contributed by atoms with van der Waals surface area (Å²) in [5.41, 5.74) is 3.34. The number of anilines is 1. The van der Waals surface area contributed by atoms with E-state index in [9.17, 15) is 0 Å². The number of para-hydroxylation sites is 1. The van der Waals surface area contributed by atoms with Crippen LogP contribution in [0.4, 0.5) is 11.4 Å². The molecule has 0 saturated carbocycles. The Labute approximate surface area is 131 Å². The van der Waals surface area contributed by atoms with E-state index in [4.69, 9.17) is 0 Å². The highest BCUT2D eigenvalue weighted by Gasteiger charge is 2.10. The van der Waals surface area contributed by atoms with Gasteiger partial charge in [-0.1, -0.05) is 24.3 Å². The molecule has 1 saturated heterocycles. The fourth-order valence-corrected chi connectivity index (χ4v) is 2.86. The molecule has 21 heavy (non-hydrogen) atoms. The van der Waals surface area contributed by atoms with E-state index in [1.807, 2.05) is 30.5 Å². The lowest BCUT2D eigenvalue weighted by Crippen LogP contribution is -2.29. The summed E-state index contributed by atoms with van der Waals surface area (Å²) in [5.74, 6) is 0. The summed E-state index contributed by atoms with van der Waals surface area (Å²) in [6.07, 6.45) is 5.88. The third kappa shape index (κ3) is 3.67. The molecular formula is C18H20N2S. The average Bonchev–Trinajstić information content (AvgIpc) is 2.55. The number of benzene rings is 2. The lowest BCUT2D eigenvalue weighted by molar-refractivity contribution is 0.578. The molecule has 0 amide bonds. The molecule has 3 heteroatoms. The summed E-state index contributed by atoms with van der Waals surface area (Å²) in [4.78, 5) is 7.87. The SMILES string of the molecule is Sc1ccccc1N=Cc1ccc(N2CCCCC2)cc1. The molecule has 0 aliphatic carbocycles. The molecule has 3 rings (SSSR count). The van der Waals surface area contributed by atoms with Crippen molar-refractivity contribution in [2.75, 3.05) is 18.0 Å². The van der Waals surface area contributed by atoms with Gasteiger partial charge in [-0.25, -0.2) is 0 Å². The fourth-order valence-electron chi connectivity index (χ4n) is 2.64. The third-order valence-electron chi connectivity index (χ3n) is 3.85. The van der Waals surface area contributed by atoms with E-state index in [1.54, 1.807) is 0 Å². The first-order chi connectivity index (χ1) is 10.3. The first kappa shape index (κ1) is 14.2. The molecule has 0 atom stereocenters. The van der Waals surface area contributed by atoms with Crippen LogP contribution in [0.1, 0.15) is 24.8 Å². The van der Waals surface area contributed by atoms with Crippen molar-refractivity contribution in [2.24, 2.45) is 4.99 Å². The summed E-state index contributed by atoms with van der Waals surface area (Å²) < 4.78 is 0. The van der Waals surface area contributed by atoms with Crippen LogP contribution in [0.3, 0.4) is 0 Å². The van der Waals surface area contributed by atoms with E-state index in [2.05, 4.69) is 46.8 Å². The predicted molar refractivity (Wildman–Crippen MR) is 93.5 cm³/mol. The maximum Gasteiger partial charge on any atom is 0.0763 e. The zero-order valence-corrected chi connectivity index (χ0v) is 13.0. The fraction of sp³-hybridized carbons (Fsp3) is 0.278. The first-order valence-corrected chi connectivity index (χ1v) is 7.95. The lowest BCUT2D eigenvalue weighted by Gasteiger charge is -2.28. The minimum Gasteiger partial charge on any atom is -0.372 e. The van der Waals surface area contributed by atoms with E-state index in [0.717, 1.165) is 16.1 Å². The third-order valence-corrected chi connectivity index (χ3v) is 4.23.